The second-order valence-corrected chi connectivity index (χ2v) is 7.56. The molecule has 162 valence electrons. The summed E-state index contributed by atoms with van der Waals surface area (Å²) in [6, 6.07) is 0.248. The number of furan rings is 1. The molecule has 3 heterocycles. The number of oxime groups is 1. The van der Waals surface area contributed by atoms with Crippen molar-refractivity contribution in [3.63, 3.8) is 0 Å². The third-order valence-corrected chi connectivity index (χ3v) is 6.02. The number of β-lactam (4-membered cyclic amide) rings is 1. The summed E-state index contributed by atoms with van der Waals surface area (Å²) >= 11 is 1.02. The van der Waals surface area contributed by atoms with E-state index in [9.17, 15) is 29.4 Å². The Labute approximate surface area is 173 Å². The highest BCUT2D eigenvalue weighted by atomic mass is 32.2. The molecule has 13 nitrogen and oxygen atoms in total. The molecule has 0 spiro atoms. The predicted molar refractivity (Wildman–Crippen MR) is 99.2 cm³/mol. The monoisotopic (exact) mass is 442 g/mol. The van der Waals surface area contributed by atoms with Gasteiger partial charge < -0.3 is 40.2 Å². The van der Waals surface area contributed by atoms with E-state index in [4.69, 9.17) is 10.2 Å². The summed E-state index contributed by atoms with van der Waals surface area (Å²) in [6.45, 7) is -0.705. The molecule has 14 heteroatoms. The van der Waals surface area contributed by atoms with Crippen molar-refractivity contribution in [3.8, 4) is 0 Å². The van der Waals surface area contributed by atoms with Crippen LogP contribution in [0.2, 0.25) is 0 Å². The van der Waals surface area contributed by atoms with Crippen LogP contribution in [0.1, 0.15) is 5.76 Å². The van der Waals surface area contributed by atoms with Gasteiger partial charge in [-0.05, 0) is 12.1 Å². The molecule has 1 aromatic heterocycles. The summed E-state index contributed by atoms with van der Waals surface area (Å²) in [4.78, 5) is 53.4. The Kier molecular flexibility index (Phi) is 5.89. The van der Waals surface area contributed by atoms with Gasteiger partial charge in [0.05, 0.1) is 6.26 Å². The second kappa shape index (κ2) is 8.23. The molecule has 3 amide bonds. The van der Waals surface area contributed by atoms with Gasteiger partial charge in [0.15, 0.2) is 11.8 Å². The Morgan fingerprint density at radius 1 is 1.50 bits per heavy atom. The van der Waals surface area contributed by atoms with E-state index in [2.05, 4.69) is 20.0 Å². The largest absolute Gasteiger partial charge is 0.480 e. The van der Waals surface area contributed by atoms with Crippen molar-refractivity contribution in [1.29, 1.82) is 0 Å². The number of hydrogen-bond donors (Lipinski definition) is 4. The number of carboxylic acid groups (broad SMARTS) is 1. The van der Waals surface area contributed by atoms with E-state index in [1.54, 1.807) is 0 Å². The van der Waals surface area contributed by atoms with Crippen molar-refractivity contribution in [3.05, 3.63) is 24.2 Å². The van der Waals surface area contributed by atoms with Gasteiger partial charge in [-0.3, -0.25) is 9.59 Å². The maximum absolute atomic E-state index is 12.6. The topological polar surface area (TPSA) is 194 Å². The van der Waals surface area contributed by atoms with Crippen LogP contribution in [0.3, 0.4) is 0 Å². The van der Waals surface area contributed by atoms with Crippen LogP contribution in [0.4, 0.5) is 4.79 Å². The number of aliphatic hydroxyl groups is 1. The van der Waals surface area contributed by atoms with E-state index < -0.39 is 53.5 Å². The highest BCUT2D eigenvalue weighted by Gasteiger charge is 2.63. The molecule has 2 aliphatic heterocycles. The fraction of sp³-hybridized carbons (Fsp3) is 0.438. The number of nitrogens with one attached hydrogen (secondary N) is 1. The molecule has 0 bridgehead atoms. The SMILES string of the molecule is CO/N=C(\C(=O)N[C@@H]1C(=O)N2C(C(=O)O)C(O)(COC(N)=O)CS[C@H]12)c1ccco1. The molecule has 2 aliphatic rings. The number of thioether (sulfide) groups is 1. The lowest BCUT2D eigenvalue weighted by atomic mass is 9.90. The zero-order valence-corrected chi connectivity index (χ0v) is 16.3. The van der Waals surface area contributed by atoms with E-state index in [0.717, 1.165) is 16.7 Å². The van der Waals surface area contributed by atoms with Crippen LogP contribution in [-0.4, -0.2) is 87.2 Å². The molecule has 4 atom stereocenters. The van der Waals surface area contributed by atoms with Crippen LogP contribution in [0, 0.1) is 0 Å². The number of primary amides is 1. The maximum atomic E-state index is 12.6. The molecule has 30 heavy (non-hydrogen) atoms. The number of amides is 3. The molecule has 2 unspecified atom stereocenters. The Bertz CT molecular complexity index is 889. The standard InChI is InChI=1S/C16H18N4O9S/c1-27-19-8(7-3-2-4-28-7)11(21)18-9-12(22)20-10(14(23)24)16(26,5-29-15(17)25)6-30-13(9)20/h2-4,9-10,13,26H,5-6H2,1H3,(H2,17,25)(H,18,21)(H,23,24)/b19-8-/t9-,10?,13-,16?/m1/s1. The fourth-order valence-corrected chi connectivity index (χ4v) is 4.68. The lowest BCUT2D eigenvalue weighted by Gasteiger charge is -2.56. The molecule has 3 rings (SSSR count). The van der Waals surface area contributed by atoms with Crippen molar-refractivity contribution >= 4 is 41.4 Å². The third-order valence-electron chi connectivity index (χ3n) is 4.51. The minimum atomic E-state index is -2.05. The molecule has 5 N–H and O–H groups in total. The number of rotatable bonds is 7. The molecule has 0 aromatic carbocycles. The summed E-state index contributed by atoms with van der Waals surface area (Å²) in [7, 11) is 1.23. The molecule has 2 saturated heterocycles. The Balaban J connectivity index is 1.76. The first-order valence-electron chi connectivity index (χ1n) is 8.46. The minimum Gasteiger partial charge on any atom is -0.480 e. The number of ether oxygens (including phenoxy) is 1. The zero-order chi connectivity index (χ0) is 22.1. The van der Waals surface area contributed by atoms with Gasteiger partial charge in [0.1, 0.15) is 30.7 Å². The van der Waals surface area contributed by atoms with Crippen molar-refractivity contribution in [2.24, 2.45) is 10.9 Å². The van der Waals surface area contributed by atoms with Gasteiger partial charge in [-0.1, -0.05) is 5.16 Å². The van der Waals surface area contributed by atoms with Gasteiger partial charge in [0.2, 0.25) is 11.6 Å². The maximum Gasteiger partial charge on any atom is 0.404 e. The van der Waals surface area contributed by atoms with Gasteiger partial charge >= 0.3 is 12.1 Å². The quantitative estimate of drug-likeness (QED) is 0.215. The average molecular weight is 442 g/mol. The summed E-state index contributed by atoms with van der Waals surface area (Å²) in [5.74, 6) is -3.08. The summed E-state index contributed by atoms with van der Waals surface area (Å²) < 4.78 is 9.69. The first-order valence-corrected chi connectivity index (χ1v) is 9.51. The number of hydrogen-bond acceptors (Lipinski definition) is 10. The smallest absolute Gasteiger partial charge is 0.404 e. The summed E-state index contributed by atoms with van der Waals surface area (Å²) in [6.07, 6.45) is 0.135. The fourth-order valence-electron chi connectivity index (χ4n) is 3.22. The van der Waals surface area contributed by atoms with Crippen molar-refractivity contribution in [2.75, 3.05) is 19.5 Å². The van der Waals surface area contributed by atoms with Crippen molar-refractivity contribution in [2.45, 2.75) is 23.1 Å². The molecule has 0 radical (unpaired) electrons. The lowest BCUT2D eigenvalue weighted by Crippen LogP contribution is -2.80. The number of carbonyl (C=O) groups excluding carboxylic acids is 3. The van der Waals surface area contributed by atoms with Gasteiger partial charge in [-0.2, -0.15) is 0 Å². The normalized spacial score (nSPS) is 28.2. The van der Waals surface area contributed by atoms with Gasteiger partial charge in [-0.15, -0.1) is 11.8 Å². The van der Waals surface area contributed by atoms with Crippen LogP contribution in [0.15, 0.2) is 28.0 Å². The minimum absolute atomic E-state index is 0.107. The first kappa shape index (κ1) is 21.4. The van der Waals surface area contributed by atoms with Crippen LogP contribution in [0.5, 0.6) is 0 Å². The van der Waals surface area contributed by atoms with Crippen LogP contribution >= 0.6 is 11.8 Å². The van der Waals surface area contributed by atoms with Crippen LogP contribution < -0.4 is 11.1 Å². The number of nitrogens with two attached hydrogens (primary N) is 1. The molecule has 2 fully saturated rings. The number of carbonyl (C=O) groups is 4. The van der Waals surface area contributed by atoms with Crippen LogP contribution in [0.25, 0.3) is 0 Å². The summed E-state index contributed by atoms with van der Waals surface area (Å²) in [5, 5.41) is 25.5. The van der Waals surface area contributed by atoms with E-state index in [-0.39, 0.29) is 17.2 Å². The number of fused-ring (bicyclic) bond motifs is 1. The summed E-state index contributed by atoms with van der Waals surface area (Å²) in [5.41, 5.74) is 2.62. The lowest BCUT2D eigenvalue weighted by molar-refractivity contribution is -0.178. The van der Waals surface area contributed by atoms with Crippen molar-refractivity contribution < 1.29 is 43.4 Å². The van der Waals surface area contributed by atoms with E-state index in [1.807, 2.05) is 0 Å². The third kappa shape index (κ3) is 3.78. The van der Waals surface area contributed by atoms with E-state index >= 15 is 0 Å². The molecule has 0 saturated carbocycles. The second-order valence-electron chi connectivity index (χ2n) is 6.45. The van der Waals surface area contributed by atoms with Crippen LogP contribution in [-0.2, 0) is 24.0 Å². The Hall–Kier alpha value is -3.26. The molecule has 1 aromatic rings. The highest BCUT2D eigenvalue weighted by Crippen LogP contribution is 2.42. The molecular weight excluding hydrogens is 424 g/mol. The van der Waals surface area contributed by atoms with E-state index in [1.165, 1.54) is 25.5 Å². The highest BCUT2D eigenvalue weighted by molar-refractivity contribution is 8.00. The Morgan fingerprint density at radius 2 is 2.23 bits per heavy atom. The predicted octanol–water partition coefficient (Wildman–Crippen LogP) is -1.69. The molecule has 0 aliphatic carbocycles. The number of aliphatic carboxylic acids is 1. The first-order chi connectivity index (χ1) is 14.2. The van der Waals surface area contributed by atoms with Gasteiger partial charge in [-0.25, -0.2) is 9.59 Å². The van der Waals surface area contributed by atoms with E-state index in [0.29, 0.717) is 0 Å². The number of nitrogens with zero attached hydrogens (tertiary/aromatic N) is 2. The average Bonchev–Trinajstić information content (AvgIpc) is 3.22. The zero-order valence-electron chi connectivity index (χ0n) is 15.5. The van der Waals surface area contributed by atoms with Crippen molar-refractivity contribution in [1.82, 2.24) is 10.2 Å². The Morgan fingerprint density at radius 3 is 2.80 bits per heavy atom. The molecular formula is C16H18N4O9S. The number of carboxylic acids is 1. The van der Waals surface area contributed by atoms with Gasteiger partial charge in [0.25, 0.3) is 5.91 Å². The van der Waals surface area contributed by atoms with Gasteiger partial charge in [0, 0.05) is 5.75 Å².